The van der Waals surface area contributed by atoms with E-state index in [2.05, 4.69) is 22.6 Å². The fourth-order valence-corrected chi connectivity index (χ4v) is 3.28. The van der Waals surface area contributed by atoms with E-state index < -0.39 is 0 Å². The van der Waals surface area contributed by atoms with Crippen LogP contribution in [-0.2, 0) is 11.3 Å². The maximum absolute atomic E-state index is 11.8. The van der Waals surface area contributed by atoms with Crippen LogP contribution in [0.4, 0.5) is 0 Å². The van der Waals surface area contributed by atoms with Gasteiger partial charge in [-0.25, -0.2) is 4.98 Å². The van der Waals surface area contributed by atoms with Gasteiger partial charge in [0.2, 0.25) is 5.91 Å². The van der Waals surface area contributed by atoms with E-state index in [4.69, 9.17) is 0 Å². The van der Waals surface area contributed by atoms with Crippen LogP contribution < -0.4 is 5.32 Å². The zero-order valence-corrected chi connectivity index (χ0v) is 12.6. The maximum Gasteiger partial charge on any atom is 0.222 e. The van der Waals surface area contributed by atoms with Crippen molar-refractivity contribution in [3.63, 3.8) is 0 Å². The smallest absolute Gasteiger partial charge is 0.222 e. The minimum atomic E-state index is 0.288. The molecule has 5 heteroatoms. The molecule has 1 fully saturated rings. The van der Waals surface area contributed by atoms with Crippen molar-refractivity contribution in [1.82, 2.24) is 15.2 Å². The van der Waals surface area contributed by atoms with Crippen molar-refractivity contribution in [3.05, 3.63) is 16.6 Å². The third-order valence-corrected chi connectivity index (χ3v) is 4.58. The summed E-state index contributed by atoms with van der Waals surface area (Å²) < 4.78 is 0. The summed E-state index contributed by atoms with van der Waals surface area (Å²) in [5, 5.41) is 5.70. The van der Waals surface area contributed by atoms with Crippen LogP contribution in [-0.4, -0.2) is 34.9 Å². The highest BCUT2D eigenvalue weighted by Gasteiger charge is 2.29. The average Bonchev–Trinajstić information content (AvgIpc) is 2.97. The lowest BCUT2D eigenvalue weighted by Gasteiger charge is -2.38. The van der Waals surface area contributed by atoms with Crippen molar-refractivity contribution < 1.29 is 4.79 Å². The predicted molar refractivity (Wildman–Crippen MR) is 78.0 cm³/mol. The van der Waals surface area contributed by atoms with Gasteiger partial charge in [0.25, 0.3) is 0 Å². The van der Waals surface area contributed by atoms with E-state index in [-0.39, 0.29) is 5.91 Å². The normalized spacial score (nSPS) is 23.6. The lowest BCUT2D eigenvalue weighted by molar-refractivity contribution is -0.133. The SMILES string of the molecule is CCC(=O)N1CC[C@@H](NCc2cscn2)[C@@H](CC)C1. The monoisotopic (exact) mass is 281 g/mol. The Morgan fingerprint density at radius 1 is 1.58 bits per heavy atom. The molecule has 0 aromatic carbocycles. The first kappa shape index (κ1) is 14.5. The van der Waals surface area contributed by atoms with Gasteiger partial charge < -0.3 is 10.2 Å². The van der Waals surface area contributed by atoms with Gasteiger partial charge in [0.15, 0.2) is 0 Å². The maximum atomic E-state index is 11.8. The summed E-state index contributed by atoms with van der Waals surface area (Å²) >= 11 is 1.64. The largest absolute Gasteiger partial charge is 0.342 e. The van der Waals surface area contributed by atoms with Gasteiger partial charge in [-0.15, -0.1) is 11.3 Å². The molecule has 0 bridgehead atoms. The van der Waals surface area contributed by atoms with Crippen molar-refractivity contribution in [2.75, 3.05) is 13.1 Å². The Morgan fingerprint density at radius 3 is 3.05 bits per heavy atom. The number of hydrogen-bond donors (Lipinski definition) is 1. The lowest BCUT2D eigenvalue weighted by atomic mass is 9.89. The molecular weight excluding hydrogens is 258 g/mol. The Labute approximate surface area is 119 Å². The van der Waals surface area contributed by atoms with Gasteiger partial charge in [-0.1, -0.05) is 20.3 Å². The van der Waals surface area contributed by atoms with Gasteiger partial charge in [-0.3, -0.25) is 4.79 Å². The molecule has 1 amide bonds. The van der Waals surface area contributed by atoms with Gasteiger partial charge in [0.05, 0.1) is 11.2 Å². The zero-order chi connectivity index (χ0) is 13.7. The molecule has 1 N–H and O–H groups in total. The number of carbonyl (C=O) groups excluding carboxylic acids is 1. The van der Waals surface area contributed by atoms with Crippen molar-refractivity contribution in [1.29, 1.82) is 0 Å². The summed E-state index contributed by atoms with van der Waals surface area (Å²) in [6, 6.07) is 0.507. The minimum Gasteiger partial charge on any atom is -0.342 e. The van der Waals surface area contributed by atoms with Crippen LogP contribution in [0, 0.1) is 5.92 Å². The molecule has 2 atom stereocenters. The van der Waals surface area contributed by atoms with E-state index >= 15 is 0 Å². The Hall–Kier alpha value is -0.940. The van der Waals surface area contributed by atoms with E-state index in [0.717, 1.165) is 38.2 Å². The Morgan fingerprint density at radius 2 is 2.42 bits per heavy atom. The average molecular weight is 281 g/mol. The predicted octanol–water partition coefficient (Wildman–Crippen LogP) is 2.27. The number of aromatic nitrogens is 1. The van der Waals surface area contributed by atoms with E-state index in [1.165, 1.54) is 0 Å². The number of thiazole rings is 1. The molecule has 2 heterocycles. The highest BCUT2D eigenvalue weighted by molar-refractivity contribution is 7.07. The molecule has 1 saturated heterocycles. The van der Waals surface area contributed by atoms with E-state index in [9.17, 15) is 4.79 Å². The quantitative estimate of drug-likeness (QED) is 0.900. The molecular formula is C14H23N3OS. The summed E-state index contributed by atoms with van der Waals surface area (Å²) in [4.78, 5) is 18.1. The van der Waals surface area contributed by atoms with Crippen LogP contribution in [0.15, 0.2) is 10.9 Å². The molecule has 4 nitrogen and oxygen atoms in total. The topological polar surface area (TPSA) is 45.2 Å². The third-order valence-electron chi connectivity index (χ3n) is 3.94. The van der Waals surface area contributed by atoms with Crippen molar-refractivity contribution in [2.24, 2.45) is 5.92 Å². The highest BCUT2D eigenvalue weighted by Crippen LogP contribution is 2.21. The molecule has 0 spiro atoms. The van der Waals surface area contributed by atoms with Crippen LogP contribution in [0.25, 0.3) is 0 Å². The van der Waals surface area contributed by atoms with Gasteiger partial charge >= 0.3 is 0 Å². The van der Waals surface area contributed by atoms with Crippen LogP contribution in [0.3, 0.4) is 0 Å². The van der Waals surface area contributed by atoms with E-state index in [0.29, 0.717) is 18.4 Å². The first-order chi connectivity index (χ1) is 9.24. The van der Waals surface area contributed by atoms with Crippen molar-refractivity contribution in [2.45, 2.75) is 45.7 Å². The minimum absolute atomic E-state index is 0.288. The van der Waals surface area contributed by atoms with Gasteiger partial charge in [0, 0.05) is 37.5 Å². The molecule has 0 radical (unpaired) electrons. The molecule has 1 aliphatic rings. The second kappa shape index (κ2) is 7.01. The molecule has 19 heavy (non-hydrogen) atoms. The molecule has 106 valence electrons. The Balaban J connectivity index is 1.86. The molecule has 1 aromatic rings. The highest BCUT2D eigenvalue weighted by atomic mass is 32.1. The Bertz CT molecular complexity index is 393. The fourth-order valence-electron chi connectivity index (χ4n) is 2.73. The summed E-state index contributed by atoms with van der Waals surface area (Å²) in [5.74, 6) is 0.847. The second-order valence-electron chi connectivity index (χ2n) is 5.12. The summed E-state index contributed by atoms with van der Waals surface area (Å²) in [7, 11) is 0. The van der Waals surface area contributed by atoms with Gasteiger partial charge in [-0.05, 0) is 12.3 Å². The first-order valence-electron chi connectivity index (χ1n) is 7.12. The Kier molecular flexibility index (Phi) is 5.34. The fraction of sp³-hybridized carbons (Fsp3) is 0.714. The number of hydrogen-bond acceptors (Lipinski definition) is 4. The molecule has 0 aliphatic carbocycles. The number of piperidine rings is 1. The molecule has 1 aliphatic heterocycles. The first-order valence-corrected chi connectivity index (χ1v) is 8.07. The third kappa shape index (κ3) is 3.76. The zero-order valence-electron chi connectivity index (χ0n) is 11.8. The molecule has 2 rings (SSSR count). The molecule has 0 saturated carbocycles. The summed E-state index contributed by atoms with van der Waals surface area (Å²) in [6.45, 7) is 6.78. The van der Waals surface area contributed by atoms with Crippen molar-refractivity contribution in [3.8, 4) is 0 Å². The number of amides is 1. The van der Waals surface area contributed by atoms with Crippen molar-refractivity contribution >= 4 is 17.2 Å². The van der Waals surface area contributed by atoms with E-state index in [1.807, 2.05) is 17.3 Å². The standard InChI is InChI=1S/C14H23N3OS/c1-3-11-8-17(14(18)4-2)6-5-13(11)15-7-12-9-19-10-16-12/h9-11,13,15H,3-8H2,1-2H3/t11-,13+/m0/s1. The van der Waals surface area contributed by atoms with Crippen LogP contribution in [0.1, 0.15) is 38.8 Å². The van der Waals surface area contributed by atoms with Crippen LogP contribution in [0.5, 0.6) is 0 Å². The number of nitrogens with zero attached hydrogens (tertiary/aromatic N) is 2. The number of carbonyl (C=O) groups is 1. The van der Waals surface area contributed by atoms with Crippen LogP contribution in [0.2, 0.25) is 0 Å². The molecule has 0 unspecified atom stereocenters. The summed E-state index contributed by atoms with van der Waals surface area (Å²) in [5.41, 5.74) is 2.99. The number of nitrogens with one attached hydrogen (secondary N) is 1. The molecule has 1 aromatic heterocycles. The number of likely N-dealkylation sites (tertiary alicyclic amines) is 1. The van der Waals surface area contributed by atoms with E-state index in [1.54, 1.807) is 11.3 Å². The lowest BCUT2D eigenvalue weighted by Crippen LogP contribution is -2.50. The van der Waals surface area contributed by atoms with Gasteiger partial charge in [0.1, 0.15) is 0 Å². The summed E-state index contributed by atoms with van der Waals surface area (Å²) in [6.07, 6.45) is 2.78. The van der Waals surface area contributed by atoms with Gasteiger partial charge in [-0.2, -0.15) is 0 Å². The second-order valence-corrected chi connectivity index (χ2v) is 5.84. The number of rotatable bonds is 5. The van der Waals surface area contributed by atoms with Crippen LogP contribution >= 0.6 is 11.3 Å².